The van der Waals surface area contributed by atoms with Crippen molar-refractivity contribution >= 4 is 0 Å². The summed E-state index contributed by atoms with van der Waals surface area (Å²) < 4.78 is 1.85. The quantitative estimate of drug-likeness (QED) is 0.637. The summed E-state index contributed by atoms with van der Waals surface area (Å²) in [6.07, 6.45) is 7.16. The van der Waals surface area contributed by atoms with E-state index in [1.807, 2.05) is 17.9 Å². The third-order valence-electron chi connectivity index (χ3n) is 4.46. The molecule has 0 amide bonds. The van der Waals surface area contributed by atoms with Crippen LogP contribution in [0, 0.1) is 17.8 Å². The maximum absolute atomic E-state index is 5.74. The fourth-order valence-corrected chi connectivity index (χ4v) is 3.21. The molecule has 1 aromatic heterocycles. The van der Waals surface area contributed by atoms with Crippen LogP contribution in [0.3, 0.4) is 0 Å². The molecule has 0 bridgehead atoms. The number of hydrogen-bond donors (Lipinski definition) is 2. The minimum atomic E-state index is 0.208. The van der Waals surface area contributed by atoms with E-state index < -0.39 is 0 Å². The SMILES string of the molecule is CC(C)C1CCC(C(NN)c2ccn(C)n2)CC1. The second-order valence-corrected chi connectivity index (χ2v) is 5.98. The predicted molar refractivity (Wildman–Crippen MR) is 73.6 cm³/mol. The molecule has 1 aliphatic carbocycles. The Morgan fingerprint density at radius 2 is 1.89 bits per heavy atom. The number of aryl methyl sites for hydroxylation is 1. The van der Waals surface area contributed by atoms with Crippen molar-refractivity contribution in [2.75, 3.05) is 0 Å². The van der Waals surface area contributed by atoms with Gasteiger partial charge in [-0.05, 0) is 49.5 Å². The molecule has 4 heteroatoms. The second-order valence-electron chi connectivity index (χ2n) is 5.98. The fourth-order valence-electron chi connectivity index (χ4n) is 3.21. The summed E-state index contributed by atoms with van der Waals surface area (Å²) in [6, 6.07) is 2.28. The summed E-state index contributed by atoms with van der Waals surface area (Å²) in [5.41, 5.74) is 4.05. The van der Waals surface area contributed by atoms with Crippen LogP contribution < -0.4 is 11.3 Å². The van der Waals surface area contributed by atoms with E-state index in [9.17, 15) is 0 Å². The van der Waals surface area contributed by atoms with Gasteiger partial charge in [-0.1, -0.05) is 13.8 Å². The average molecular weight is 250 g/mol. The summed E-state index contributed by atoms with van der Waals surface area (Å²) in [6.45, 7) is 4.67. The third-order valence-corrected chi connectivity index (χ3v) is 4.46. The lowest BCUT2D eigenvalue weighted by Gasteiger charge is -2.34. The molecule has 1 fully saturated rings. The van der Waals surface area contributed by atoms with Crippen LogP contribution in [-0.2, 0) is 7.05 Å². The van der Waals surface area contributed by atoms with E-state index >= 15 is 0 Å². The normalized spacial score (nSPS) is 26.5. The van der Waals surface area contributed by atoms with E-state index in [2.05, 4.69) is 30.4 Å². The van der Waals surface area contributed by atoms with Gasteiger partial charge in [0, 0.05) is 13.2 Å². The first-order valence-corrected chi connectivity index (χ1v) is 7.07. The van der Waals surface area contributed by atoms with Crippen LogP contribution in [0.1, 0.15) is 51.3 Å². The predicted octanol–water partition coefficient (Wildman–Crippen LogP) is 2.39. The molecule has 1 atom stereocenters. The molecular formula is C14H26N4. The summed E-state index contributed by atoms with van der Waals surface area (Å²) >= 11 is 0. The van der Waals surface area contributed by atoms with Gasteiger partial charge in [0.2, 0.25) is 0 Å². The standard InChI is InChI=1S/C14H26N4/c1-10(2)11-4-6-12(7-5-11)14(16-15)13-8-9-18(3)17-13/h8-12,14,16H,4-7,15H2,1-3H3. The number of rotatable bonds is 4. The summed E-state index contributed by atoms with van der Waals surface area (Å²) in [4.78, 5) is 0. The smallest absolute Gasteiger partial charge is 0.0810 e. The number of aromatic nitrogens is 2. The van der Waals surface area contributed by atoms with Gasteiger partial charge in [-0.2, -0.15) is 5.10 Å². The van der Waals surface area contributed by atoms with Crippen LogP contribution in [-0.4, -0.2) is 9.78 Å². The van der Waals surface area contributed by atoms with Gasteiger partial charge in [0.25, 0.3) is 0 Å². The van der Waals surface area contributed by atoms with Crippen LogP contribution >= 0.6 is 0 Å². The molecule has 0 aromatic carbocycles. The minimum absolute atomic E-state index is 0.208. The highest BCUT2D eigenvalue weighted by Crippen LogP contribution is 2.38. The van der Waals surface area contributed by atoms with Crippen molar-refractivity contribution in [2.45, 2.75) is 45.6 Å². The van der Waals surface area contributed by atoms with Gasteiger partial charge >= 0.3 is 0 Å². The van der Waals surface area contributed by atoms with E-state index in [-0.39, 0.29) is 6.04 Å². The third kappa shape index (κ3) is 2.93. The Morgan fingerprint density at radius 1 is 1.28 bits per heavy atom. The molecule has 0 spiro atoms. The fraction of sp³-hybridized carbons (Fsp3) is 0.786. The maximum atomic E-state index is 5.74. The van der Waals surface area contributed by atoms with E-state index in [1.54, 1.807) is 0 Å². The molecule has 1 heterocycles. The first-order chi connectivity index (χ1) is 8.61. The van der Waals surface area contributed by atoms with Gasteiger partial charge < -0.3 is 0 Å². The molecule has 102 valence electrons. The first-order valence-electron chi connectivity index (χ1n) is 7.07. The zero-order valence-electron chi connectivity index (χ0n) is 11.8. The lowest BCUT2D eigenvalue weighted by atomic mass is 9.74. The van der Waals surface area contributed by atoms with Crippen LogP contribution in [0.5, 0.6) is 0 Å². The van der Waals surface area contributed by atoms with Crippen LogP contribution in [0.25, 0.3) is 0 Å². The van der Waals surface area contributed by atoms with Crippen molar-refractivity contribution in [1.29, 1.82) is 0 Å². The molecule has 1 aliphatic rings. The lowest BCUT2D eigenvalue weighted by Crippen LogP contribution is -2.36. The topological polar surface area (TPSA) is 55.9 Å². The number of nitrogens with two attached hydrogens (primary N) is 1. The number of hydrogen-bond acceptors (Lipinski definition) is 3. The minimum Gasteiger partial charge on any atom is -0.275 e. The van der Waals surface area contributed by atoms with Crippen molar-refractivity contribution in [3.05, 3.63) is 18.0 Å². The second kappa shape index (κ2) is 5.85. The Bertz CT molecular complexity index is 364. The van der Waals surface area contributed by atoms with Crippen molar-refractivity contribution < 1.29 is 0 Å². The van der Waals surface area contributed by atoms with Crippen molar-refractivity contribution in [1.82, 2.24) is 15.2 Å². The van der Waals surface area contributed by atoms with Gasteiger partial charge in [-0.3, -0.25) is 16.0 Å². The van der Waals surface area contributed by atoms with Crippen molar-refractivity contribution in [3.8, 4) is 0 Å². The largest absolute Gasteiger partial charge is 0.275 e. The summed E-state index contributed by atoms with van der Waals surface area (Å²) in [5, 5.41) is 4.49. The van der Waals surface area contributed by atoms with Gasteiger partial charge in [-0.15, -0.1) is 0 Å². The number of nitrogens with one attached hydrogen (secondary N) is 1. The van der Waals surface area contributed by atoms with Crippen LogP contribution in [0.15, 0.2) is 12.3 Å². The van der Waals surface area contributed by atoms with Crippen LogP contribution in [0.4, 0.5) is 0 Å². The number of nitrogens with zero attached hydrogens (tertiary/aromatic N) is 2. The summed E-state index contributed by atoms with van der Waals surface area (Å²) in [5.74, 6) is 8.07. The summed E-state index contributed by atoms with van der Waals surface area (Å²) in [7, 11) is 1.95. The monoisotopic (exact) mass is 250 g/mol. The highest BCUT2D eigenvalue weighted by atomic mass is 15.3. The van der Waals surface area contributed by atoms with Crippen molar-refractivity contribution in [3.63, 3.8) is 0 Å². The van der Waals surface area contributed by atoms with Gasteiger partial charge in [0.1, 0.15) is 0 Å². The molecule has 1 aromatic rings. The van der Waals surface area contributed by atoms with Gasteiger partial charge in [-0.25, -0.2) is 0 Å². The van der Waals surface area contributed by atoms with Crippen molar-refractivity contribution in [2.24, 2.45) is 30.6 Å². The molecule has 0 aliphatic heterocycles. The van der Waals surface area contributed by atoms with Gasteiger partial charge in [0.05, 0.1) is 11.7 Å². The molecule has 1 saturated carbocycles. The highest BCUT2D eigenvalue weighted by molar-refractivity contribution is 5.07. The molecule has 3 N–H and O–H groups in total. The molecular weight excluding hydrogens is 224 g/mol. The average Bonchev–Trinajstić information content (AvgIpc) is 2.77. The zero-order valence-corrected chi connectivity index (χ0v) is 11.8. The number of hydrazine groups is 1. The molecule has 1 unspecified atom stereocenters. The lowest BCUT2D eigenvalue weighted by molar-refractivity contribution is 0.187. The van der Waals surface area contributed by atoms with E-state index in [1.165, 1.54) is 25.7 Å². The Labute approximate surface area is 110 Å². The Hall–Kier alpha value is -0.870. The maximum Gasteiger partial charge on any atom is 0.0810 e. The Kier molecular flexibility index (Phi) is 4.40. The van der Waals surface area contributed by atoms with Crippen LogP contribution in [0.2, 0.25) is 0 Å². The highest BCUT2D eigenvalue weighted by Gasteiger charge is 2.30. The molecule has 4 nitrogen and oxygen atoms in total. The van der Waals surface area contributed by atoms with E-state index in [4.69, 9.17) is 5.84 Å². The molecule has 18 heavy (non-hydrogen) atoms. The Morgan fingerprint density at radius 3 is 2.33 bits per heavy atom. The van der Waals surface area contributed by atoms with Gasteiger partial charge in [0.15, 0.2) is 0 Å². The first kappa shape index (κ1) is 13.6. The van der Waals surface area contributed by atoms with E-state index in [0.29, 0.717) is 5.92 Å². The molecule has 0 saturated heterocycles. The zero-order chi connectivity index (χ0) is 13.1. The van der Waals surface area contributed by atoms with E-state index in [0.717, 1.165) is 17.5 Å². The molecule has 0 radical (unpaired) electrons. The Balaban J connectivity index is 1.98. The molecule has 2 rings (SSSR count).